The summed E-state index contributed by atoms with van der Waals surface area (Å²) in [5.74, 6) is 1.70. The Kier molecular flexibility index (Phi) is 6.63. The molecular weight excluding hydrogens is 424 g/mol. The summed E-state index contributed by atoms with van der Waals surface area (Å²) in [7, 11) is 1.68. The molecule has 1 N–H and O–H groups in total. The molecule has 1 fully saturated rings. The van der Waals surface area contributed by atoms with Gasteiger partial charge in [0.2, 0.25) is 0 Å². The van der Waals surface area contributed by atoms with Crippen molar-refractivity contribution in [3.8, 4) is 16.9 Å². The summed E-state index contributed by atoms with van der Waals surface area (Å²) in [5, 5.41) is 4.12. The molecule has 0 saturated carbocycles. The summed E-state index contributed by atoms with van der Waals surface area (Å²) in [6.45, 7) is 3.86. The second-order valence-electron chi connectivity index (χ2n) is 8.85. The normalized spacial score (nSPS) is 13.9. The van der Waals surface area contributed by atoms with Crippen molar-refractivity contribution in [3.05, 3.63) is 89.7 Å². The number of fused-ring (bicyclic) bond motifs is 1. The van der Waals surface area contributed by atoms with Crippen LogP contribution in [0.2, 0.25) is 0 Å². The molecule has 0 spiro atoms. The van der Waals surface area contributed by atoms with E-state index < -0.39 is 0 Å². The van der Waals surface area contributed by atoms with Gasteiger partial charge in [-0.3, -0.25) is 4.79 Å². The number of likely N-dealkylation sites (tertiary alicyclic amines) is 1. The Labute approximate surface area is 200 Å². The van der Waals surface area contributed by atoms with Gasteiger partial charge in [0.25, 0.3) is 5.91 Å². The maximum atomic E-state index is 12.8. The predicted molar refractivity (Wildman–Crippen MR) is 135 cm³/mol. The molecule has 0 unspecified atom stereocenters. The van der Waals surface area contributed by atoms with Crippen molar-refractivity contribution in [2.24, 2.45) is 0 Å². The molecule has 2 heterocycles. The number of hydrogen-bond donors (Lipinski definition) is 1. The van der Waals surface area contributed by atoms with Gasteiger partial charge in [-0.1, -0.05) is 42.5 Å². The number of nitrogens with one attached hydrogen (secondary N) is 1. The Morgan fingerprint density at radius 2 is 1.82 bits per heavy atom. The number of hydrogen-bond acceptors (Lipinski definition) is 4. The van der Waals surface area contributed by atoms with E-state index >= 15 is 0 Å². The highest BCUT2D eigenvalue weighted by atomic mass is 16.5. The van der Waals surface area contributed by atoms with E-state index in [1.807, 2.05) is 54.6 Å². The molecule has 1 aromatic heterocycles. The van der Waals surface area contributed by atoms with Crippen LogP contribution < -0.4 is 10.1 Å². The third kappa shape index (κ3) is 5.00. The lowest BCUT2D eigenvalue weighted by Crippen LogP contribution is -2.33. The lowest BCUT2D eigenvalue weighted by Gasteiger charge is -2.14. The highest BCUT2D eigenvalue weighted by Gasteiger charge is 2.14. The molecule has 1 saturated heterocycles. The first-order valence-corrected chi connectivity index (χ1v) is 11.9. The van der Waals surface area contributed by atoms with Crippen molar-refractivity contribution in [3.63, 3.8) is 0 Å². The number of furan rings is 1. The van der Waals surface area contributed by atoms with Crippen molar-refractivity contribution in [1.29, 1.82) is 0 Å². The zero-order valence-corrected chi connectivity index (χ0v) is 19.5. The van der Waals surface area contributed by atoms with Crippen LogP contribution in [0, 0.1) is 0 Å². The zero-order chi connectivity index (χ0) is 23.3. The summed E-state index contributed by atoms with van der Waals surface area (Å²) >= 11 is 0. The summed E-state index contributed by atoms with van der Waals surface area (Å²) in [5.41, 5.74) is 4.60. The number of carbonyl (C=O) groups is 1. The van der Waals surface area contributed by atoms with Gasteiger partial charge >= 0.3 is 0 Å². The van der Waals surface area contributed by atoms with Crippen LogP contribution in [0.3, 0.4) is 0 Å². The first kappa shape index (κ1) is 22.2. The van der Waals surface area contributed by atoms with Gasteiger partial charge in [-0.2, -0.15) is 0 Å². The topological polar surface area (TPSA) is 54.7 Å². The van der Waals surface area contributed by atoms with Crippen LogP contribution >= 0.6 is 0 Å². The molecule has 1 aliphatic rings. The predicted octanol–water partition coefficient (Wildman–Crippen LogP) is 5.52. The van der Waals surface area contributed by atoms with Crippen LogP contribution in [-0.2, 0) is 6.42 Å². The average molecular weight is 455 g/mol. The second-order valence-corrected chi connectivity index (χ2v) is 8.85. The van der Waals surface area contributed by atoms with Crippen LogP contribution in [0.1, 0.15) is 34.5 Å². The number of benzene rings is 3. The number of carbonyl (C=O) groups excluding carboxylic acids is 1. The van der Waals surface area contributed by atoms with Gasteiger partial charge in [-0.25, -0.2) is 0 Å². The quantitative estimate of drug-likeness (QED) is 0.381. The first-order valence-electron chi connectivity index (χ1n) is 11.9. The van der Waals surface area contributed by atoms with E-state index in [2.05, 4.69) is 28.4 Å². The summed E-state index contributed by atoms with van der Waals surface area (Å²) < 4.78 is 11.6. The second kappa shape index (κ2) is 10.1. The fourth-order valence-electron chi connectivity index (χ4n) is 4.68. The Morgan fingerprint density at radius 3 is 2.68 bits per heavy atom. The van der Waals surface area contributed by atoms with Gasteiger partial charge in [0, 0.05) is 36.0 Å². The standard InChI is InChI=1S/C29H30N2O3/c1-33-25-11-4-7-21(17-25)18-26-20-23-9-6-12-27(28(23)34-26)22-8-5-10-24(19-22)29(32)30-13-16-31-14-2-3-15-31/h4-12,17,19-20H,2-3,13-16,18H2,1H3,(H,30,32). The molecule has 1 aliphatic heterocycles. The lowest BCUT2D eigenvalue weighted by molar-refractivity contribution is 0.0950. The smallest absolute Gasteiger partial charge is 0.251 e. The van der Waals surface area contributed by atoms with Crippen molar-refractivity contribution < 1.29 is 13.9 Å². The number of methoxy groups -OCH3 is 1. The van der Waals surface area contributed by atoms with E-state index in [1.54, 1.807) is 7.11 Å². The monoisotopic (exact) mass is 454 g/mol. The summed E-state index contributed by atoms with van der Waals surface area (Å²) in [4.78, 5) is 15.2. The third-order valence-electron chi connectivity index (χ3n) is 6.46. The lowest BCUT2D eigenvalue weighted by atomic mass is 10.0. The van der Waals surface area contributed by atoms with Crippen LogP contribution in [0.15, 0.2) is 77.2 Å². The minimum absolute atomic E-state index is 0.0358. The first-order chi connectivity index (χ1) is 16.7. The SMILES string of the molecule is COc1cccc(Cc2cc3cccc(-c4cccc(C(=O)NCCN5CCCC5)c4)c3o2)c1. The molecule has 34 heavy (non-hydrogen) atoms. The fraction of sp³-hybridized carbons (Fsp3) is 0.276. The third-order valence-corrected chi connectivity index (χ3v) is 6.46. The summed E-state index contributed by atoms with van der Waals surface area (Å²) in [6, 6.07) is 24.0. The maximum absolute atomic E-state index is 12.8. The highest BCUT2D eigenvalue weighted by molar-refractivity contribution is 5.98. The Bertz CT molecular complexity index is 1290. The van der Waals surface area contributed by atoms with E-state index in [0.29, 0.717) is 18.5 Å². The van der Waals surface area contributed by atoms with E-state index in [9.17, 15) is 4.79 Å². The molecule has 0 bridgehead atoms. The van der Waals surface area contributed by atoms with Crippen LogP contribution in [-0.4, -0.2) is 44.1 Å². The van der Waals surface area contributed by atoms with Crippen LogP contribution in [0.5, 0.6) is 5.75 Å². The maximum Gasteiger partial charge on any atom is 0.251 e. The molecule has 0 radical (unpaired) electrons. The van der Waals surface area contributed by atoms with Gasteiger partial charge < -0.3 is 19.4 Å². The molecular formula is C29H30N2O3. The van der Waals surface area contributed by atoms with E-state index in [-0.39, 0.29) is 5.91 Å². The van der Waals surface area contributed by atoms with E-state index in [1.165, 1.54) is 12.8 Å². The summed E-state index contributed by atoms with van der Waals surface area (Å²) in [6.07, 6.45) is 3.20. The fourth-order valence-corrected chi connectivity index (χ4v) is 4.68. The molecule has 0 atom stereocenters. The number of ether oxygens (including phenoxy) is 1. The van der Waals surface area contributed by atoms with Crippen LogP contribution in [0.25, 0.3) is 22.1 Å². The van der Waals surface area contributed by atoms with Gasteiger partial charge in [0.1, 0.15) is 17.1 Å². The van der Waals surface area contributed by atoms with Gasteiger partial charge in [0.05, 0.1) is 7.11 Å². The Hall–Kier alpha value is -3.57. The molecule has 0 aliphatic carbocycles. The van der Waals surface area contributed by atoms with Gasteiger partial charge in [-0.15, -0.1) is 0 Å². The van der Waals surface area contributed by atoms with Crippen molar-refractivity contribution >= 4 is 16.9 Å². The zero-order valence-electron chi connectivity index (χ0n) is 19.5. The number of amides is 1. The average Bonchev–Trinajstić information content (AvgIpc) is 3.53. The highest BCUT2D eigenvalue weighted by Crippen LogP contribution is 2.32. The molecule has 5 rings (SSSR count). The molecule has 5 nitrogen and oxygen atoms in total. The van der Waals surface area contributed by atoms with Crippen molar-refractivity contribution in [2.75, 3.05) is 33.3 Å². The number of rotatable bonds is 8. The van der Waals surface area contributed by atoms with Gasteiger partial charge in [0.15, 0.2) is 0 Å². The van der Waals surface area contributed by atoms with E-state index in [4.69, 9.17) is 9.15 Å². The Morgan fingerprint density at radius 1 is 1.00 bits per heavy atom. The minimum atomic E-state index is -0.0358. The van der Waals surface area contributed by atoms with Gasteiger partial charge in [-0.05, 0) is 67.4 Å². The van der Waals surface area contributed by atoms with Crippen molar-refractivity contribution in [1.82, 2.24) is 10.2 Å². The Balaban J connectivity index is 1.34. The van der Waals surface area contributed by atoms with E-state index in [0.717, 1.165) is 58.8 Å². The number of para-hydroxylation sites is 1. The molecule has 5 heteroatoms. The minimum Gasteiger partial charge on any atom is -0.497 e. The van der Waals surface area contributed by atoms with Crippen LogP contribution in [0.4, 0.5) is 0 Å². The molecule has 174 valence electrons. The molecule has 1 amide bonds. The number of nitrogens with zero attached hydrogens (tertiary/aromatic N) is 1. The largest absolute Gasteiger partial charge is 0.497 e. The molecule has 3 aromatic carbocycles. The van der Waals surface area contributed by atoms with Crippen molar-refractivity contribution in [2.45, 2.75) is 19.3 Å². The molecule has 4 aromatic rings.